The monoisotopic (exact) mass is 287 g/mol. The first kappa shape index (κ1) is 12.6. The van der Waals surface area contributed by atoms with Crippen LogP contribution in [0.1, 0.15) is 19.3 Å². The number of fused-ring (bicyclic) bond motifs is 2. The Balaban J connectivity index is 1.50. The summed E-state index contributed by atoms with van der Waals surface area (Å²) < 4.78 is 16.3. The molecule has 1 N–H and O–H groups in total. The summed E-state index contributed by atoms with van der Waals surface area (Å²) in [6.07, 6.45) is 3.97. The predicted octanol–water partition coefficient (Wildman–Crippen LogP) is 2.48. The van der Waals surface area contributed by atoms with Crippen LogP contribution in [0.5, 0.6) is 5.75 Å². The highest BCUT2D eigenvalue weighted by Crippen LogP contribution is 2.36. The van der Waals surface area contributed by atoms with Crippen molar-refractivity contribution in [3.8, 4) is 17.1 Å². The van der Waals surface area contributed by atoms with E-state index in [0.717, 1.165) is 24.2 Å². The largest absolute Gasteiger partial charge is 0.497 e. The van der Waals surface area contributed by atoms with Gasteiger partial charge in [0.15, 0.2) is 0 Å². The molecule has 2 saturated heterocycles. The van der Waals surface area contributed by atoms with Gasteiger partial charge in [-0.1, -0.05) is 17.3 Å². The molecule has 2 aliphatic rings. The van der Waals surface area contributed by atoms with Crippen LogP contribution in [0.25, 0.3) is 11.4 Å². The van der Waals surface area contributed by atoms with Crippen LogP contribution in [-0.4, -0.2) is 35.5 Å². The molecular formula is C15H17N3O3. The molecule has 6 heteroatoms. The van der Waals surface area contributed by atoms with Crippen molar-refractivity contribution in [3.63, 3.8) is 0 Å². The predicted molar refractivity (Wildman–Crippen MR) is 76.2 cm³/mol. The van der Waals surface area contributed by atoms with Crippen molar-refractivity contribution in [3.05, 3.63) is 24.3 Å². The van der Waals surface area contributed by atoms with E-state index in [1.807, 2.05) is 24.3 Å². The summed E-state index contributed by atoms with van der Waals surface area (Å²) in [4.78, 5) is 4.40. The minimum absolute atomic E-state index is 0.280. The summed E-state index contributed by atoms with van der Waals surface area (Å²) in [6.45, 7) is 0. The van der Waals surface area contributed by atoms with Gasteiger partial charge in [-0.15, -0.1) is 0 Å². The first-order valence-corrected chi connectivity index (χ1v) is 7.22. The summed E-state index contributed by atoms with van der Waals surface area (Å²) in [7, 11) is 1.64. The Bertz CT molecular complexity index is 643. The molecule has 6 nitrogen and oxygen atoms in total. The second-order valence-corrected chi connectivity index (χ2v) is 5.52. The molecule has 1 aromatic carbocycles. The van der Waals surface area contributed by atoms with E-state index in [2.05, 4.69) is 15.5 Å². The number of aromatic nitrogens is 2. The molecular weight excluding hydrogens is 270 g/mol. The minimum atomic E-state index is 0.280. The Morgan fingerprint density at radius 3 is 3.05 bits per heavy atom. The lowest BCUT2D eigenvalue weighted by Gasteiger charge is -2.18. The van der Waals surface area contributed by atoms with E-state index >= 15 is 0 Å². The van der Waals surface area contributed by atoms with Crippen molar-refractivity contribution in [1.29, 1.82) is 0 Å². The van der Waals surface area contributed by atoms with Crippen molar-refractivity contribution in [2.45, 2.75) is 37.5 Å². The quantitative estimate of drug-likeness (QED) is 0.931. The van der Waals surface area contributed by atoms with Gasteiger partial charge in [0.2, 0.25) is 5.82 Å². The molecule has 0 unspecified atom stereocenters. The highest BCUT2D eigenvalue weighted by atomic mass is 16.5. The van der Waals surface area contributed by atoms with Gasteiger partial charge in [-0.2, -0.15) is 4.98 Å². The van der Waals surface area contributed by atoms with Crippen LogP contribution in [0.3, 0.4) is 0 Å². The van der Waals surface area contributed by atoms with Crippen LogP contribution >= 0.6 is 0 Å². The number of rotatable bonds is 4. The van der Waals surface area contributed by atoms with E-state index in [-0.39, 0.29) is 12.1 Å². The van der Waals surface area contributed by atoms with Gasteiger partial charge in [0.25, 0.3) is 0 Å². The summed E-state index contributed by atoms with van der Waals surface area (Å²) in [5.74, 6) is 1.33. The van der Waals surface area contributed by atoms with Crippen molar-refractivity contribution >= 4 is 6.01 Å². The zero-order valence-corrected chi connectivity index (χ0v) is 11.8. The van der Waals surface area contributed by atoms with Crippen molar-refractivity contribution in [2.24, 2.45) is 0 Å². The summed E-state index contributed by atoms with van der Waals surface area (Å²) in [5, 5.41) is 7.32. The van der Waals surface area contributed by atoms with Crippen LogP contribution in [0.4, 0.5) is 6.01 Å². The Morgan fingerprint density at radius 2 is 2.29 bits per heavy atom. The number of hydrogen-bond acceptors (Lipinski definition) is 6. The number of hydrogen-bond donors (Lipinski definition) is 1. The summed E-state index contributed by atoms with van der Waals surface area (Å²) in [5.41, 5.74) is 0.871. The van der Waals surface area contributed by atoms with Gasteiger partial charge in [-0.05, 0) is 31.4 Å². The van der Waals surface area contributed by atoms with E-state index in [9.17, 15) is 0 Å². The van der Waals surface area contributed by atoms with Crippen molar-refractivity contribution in [2.75, 3.05) is 12.4 Å². The third-order valence-corrected chi connectivity index (χ3v) is 4.17. The minimum Gasteiger partial charge on any atom is -0.497 e. The van der Waals surface area contributed by atoms with Crippen LogP contribution in [-0.2, 0) is 4.74 Å². The number of methoxy groups -OCH3 is 1. The van der Waals surface area contributed by atoms with Gasteiger partial charge < -0.3 is 19.3 Å². The summed E-state index contributed by atoms with van der Waals surface area (Å²) in [6, 6.07) is 8.33. The van der Waals surface area contributed by atoms with E-state index in [1.54, 1.807) is 7.11 Å². The zero-order valence-electron chi connectivity index (χ0n) is 11.8. The van der Waals surface area contributed by atoms with E-state index < -0.39 is 0 Å². The smallest absolute Gasteiger partial charge is 0.322 e. The maximum absolute atomic E-state index is 5.81. The Morgan fingerprint density at radius 1 is 1.33 bits per heavy atom. The van der Waals surface area contributed by atoms with Gasteiger partial charge in [0, 0.05) is 5.56 Å². The first-order chi connectivity index (χ1) is 10.3. The lowest BCUT2D eigenvalue weighted by Crippen LogP contribution is -2.30. The fourth-order valence-electron chi connectivity index (χ4n) is 3.11. The normalized spacial score (nSPS) is 27.0. The molecule has 3 atom stereocenters. The highest BCUT2D eigenvalue weighted by Gasteiger charge is 2.41. The second-order valence-electron chi connectivity index (χ2n) is 5.52. The maximum atomic E-state index is 5.81. The highest BCUT2D eigenvalue weighted by molar-refractivity contribution is 5.58. The number of benzene rings is 1. The fourth-order valence-corrected chi connectivity index (χ4v) is 3.11. The lowest BCUT2D eigenvalue weighted by molar-refractivity contribution is 0.102. The molecule has 0 saturated carbocycles. The molecule has 2 bridgehead atoms. The van der Waals surface area contributed by atoms with E-state index in [4.69, 9.17) is 14.0 Å². The topological polar surface area (TPSA) is 69.4 Å². The molecule has 0 amide bonds. The molecule has 2 fully saturated rings. The number of ether oxygens (including phenoxy) is 2. The molecule has 0 spiro atoms. The fraction of sp³-hybridized carbons (Fsp3) is 0.467. The standard InChI is InChI=1S/C15H17N3O3/c1-19-10-4-2-3-9(7-10)14-17-15(21-18-14)16-12-8-11-5-6-13(12)20-11/h2-4,7,11-13H,5-6,8H2,1H3,(H,16,17,18)/t11-,12-,13-/m1/s1. The Labute approximate surface area is 122 Å². The molecule has 2 aliphatic heterocycles. The van der Waals surface area contributed by atoms with Gasteiger partial charge in [0.1, 0.15) is 5.75 Å². The molecule has 110 valence electrons. The maximum Gasteiger partial charge on any atom is 0.322 e. The molecule has 4 rings (SSSR count). The van der Waals surface area contributed by atoms with Crippen LogP contribution in [0, 0.1) is 0 Å². The van der Waals surface area contributed by atoms with Gasteiger partial charge in [-0.3, -0.25) is 0 Å². The third kappa shape index (κ3) is 2.35. The first-order valence-electron chi connectivity index (χ1n) is 7.22. The molecule has 21 heavy (non-hydrogen) atoms. The second kappa shape index (κ2) is 5.04. The number of anilines is 1. The third-order valence-electron chi connectivity index (χ3n) is 4.17. The number of nitrogens with zero attached hydrogens (tertiary/aromatic N) is 2. The Kier molecular flexibility index (Phi) is 3.03. The van der Waals surface area contributed by atoms with E-state index in [1.165, 1.54) is 6.42 Å². The number of nitrogens with one attached hydrogen (secondary N) is 1. The van der Waals surface area contributed by atoms with Crippen LogP contribution in [0.15, 0.2) is 28.8 Å². The van der Waals surface area contributed by atoms with Gasteiger partial charge in [-0.25, -0.2) is 0 Å². The van der Waals surface area contributed by atoms with E-state index in [0.29, 0.717) is 17.9 Å². The average Bonchev–Trinajstić information content (AvgIpc) is 3.24. The Hall–Kier alpha value is -2.08. The van der Waals surface area contributed by atoms with Gasteiger partial charge >= 0.3 is 6.01 Å². The SMILES string of the molecule is COc1cccc(-c2noc(N[C@@H]3C[C@H]4CC[C@H]3O4)n2)c1. The molecule has 1 aromatic heterocycles. The van der Waals surface area contributed by atoms with Crippen molar-refractivity contribution in [1.82, 2.24) is 10.1 Å². The molecule has 0 aliphatic carbocycles. The molecule has 3 heterocycles. The molecule has 2 aromatic rings. The summed E-state index contributed by atoms with van der Waals surface area (Å²) >= 11 is 0. The lowest BCUT2D eigenvalue weighted by atomic mass is 9.96. The van der Waals surface area contributed by atoms with Gasteiger partial charge in [0.05, 0.1) is 25.4 Å². The van der Waals surface area contributed by atoms with Crippen LogP contribution in [0.2, 0.25) is 0 Å². The average molecular weight is 287 g/mol. The van der Waals surface area contributed by atoms with Crippen molar-refractivity contribution < 1.29 is 14.0 Å². The zero-order chi connectivity index (χ0) is 14.2. The molecule has 0 radical (unpaired) electrons. The van der Waals surface area contributed by atoms with Crippen LogP contribution < -0.4 is 10.1 Å².